The minimum atomic E-state index is -0.517. The molecule has 1 aromatic carbocycles. The molecular formula is C18H18N4O5S. The Kier molecular flexibility index (Phi) is 5.05. The van der Waals surface area contributed by atoms with Crippen molar-refractivity contribution in [2.24, 2.45) is 0 Å². The van der Waals surface area contributed by atoms with Crippen molar-refractivity contribution in [1.82, 2.24) is 9.88 Å². The molecule has 0 radical (unpaired) electrons. The van der Waals surface area contributed by atoms with Crippen LogP contribution in [0.5, 0.6) is 0 Å². The van der Waals surface area contributed by atoms with E-state index in [-0.39, 0.29) is 23.1 Å². The fourth-order valence-electron chi connectivity index (χ4n) is 3.33. The number of hydrogen-bond donors (Lipinski definition) is 1. The molecule has 146 valence electrons. The summed E-state index contributed by atoms with van der Waals surface area (Å²) in [6.07, 6.45) is 1.74. The normalized spacial score (nSPS) is 18.6. The number of amides is 2. The number of non-ortho nitro benzene ring substituents is 1. The van der Waals surface area contributed by atoms with Gasteiger partial charge in [-0.2, -0.15) is 0 Å². The van der Waals surface area contributed by atoms with Crippen LogP contribution >= 0.6 is 11.3 Å². The zero-order valence-electron chi connectivity index (χ0n) is 14.9. The van der Waals surface area contributed by atoms with E-state index in [0.717, 1.165) is 17.0 Å². The van der Waals surface area contributed by atoms with E-state index < -0.39 is 11.0 Å². The molecule has 0 bridgehead atoms. The molecule has 2 amide bonds. The topological polar surface area (TPSA) is 115 Å². The Morgan fingerprint density at radius 3 is 3.00 bits per heavy atom. The van der Waals surface area contributed by atoms with Crippen LogP contribution in [-0.2, 0) is 22.5 Å². The third kappa shape index (κ3) is 3.73. The molecule has 28 heavy (non-hydrogen) atoms. The van der Waals surface area contributed by atoms with Gasteiger partial charge in [0.1, 0.15) is 6.10 Å². The van der Waals surface area contributed by atoms with Crippen LogP contribution in [-0.4, -0.2) is 45.9 Å². The minimum absolute atomic E-state index is 0.111. The fraction of sp³-hybridized carbons (Fsp3) is 0.389. The van der Waals surface area contributed by atoms with Gasteiger partial charge in [0, 0.05) is 42.1 Å². The Bertz CT molecular complexity index is 938. The molecule has 0 aliphatic carbocycles. The number of thiazole rings is 1. The highest BCUT2D eigenvalue weighted by Gasteiger charge is 2.28. The number of carbonyl (C=O) groups is 2. The highest BCUT2D eigenvalue weighted by Crippen LogP contribution is 2.30. The Labute approximate surface area is 164 Å². The molecule has 0 saturated carbocycles. The summed E-state index contributed by atoms with van der Waals surface area (Å²) in [6, 6.07) is 5.73. The predicted octanol–water partition coefficient (Wildman–Crippen LogP) is 2.37. The highest BCUT2D eigenvalue weighted by molar-refractivity contribution is 7.15. The number of nitro groups is 1. The van der Waals surface area contributed by atoms with E-state index >= 15 is 0 Å². The molecular weight excluding hydrogens is 384 g/mol. The van der Waals surface area contributed by atoms with Gasteiger partial charge >= 0.3 is 0 Å². The number of nitro benzene ring substituents is 1. The summed E-state index contributed by atoms with van der Waals surface area (Å²) < 4.78 is 5.38. The van der Waals surface area contributed by atoms with Gasteiger partial charge in [-0.3, -0.25) is 25.0 Å². The SMILES string of the molecule is O=C(Nc1nc2c(s1)CN(C(=O)c1cccc([N+](=O)[O-])c1)CC2)C1CCCO1. The highest BCUT2D eigenvalue weighted by atomic mass is 32.1. The lowest BCUT2D eigenvalue weighted by molar-refractivity contribution is -0.384. The molecule has 2 aromatic rings. The van der Waals surface area contributed by atoms with Crippen LogP contribution in [0.3, 0.4) is 0 Å². The molecule has 1 unspecified atom stereocenters. The van der Waals surface area contributed by atoms with Crippen molar-refractivity contribution in [2.45, 2.75) is 31.9 Å². The van der Waals surface area contributed by atoms with E-state index in [1.165, 1.54) is 29.5 Å². The van der Waals surface area contributed by atoms with Gasteiger partial charge in [-0.25, -0.2) is 4.98 Å². The second-order valence-corrected chi connectivity index (χ2v) is 7.75. The zero-order valence-corrected chi connectivity index (χ0v) is 15.7. The third-order valence-corrected chi connectivity index (χ3v) is 5.77. The standard InChI is InChI=1S/C18H18N4O5S/c23-16(14-5-2-8-27-14)20-18-19-13-6-7-21(10-15(13)28-18)17(24)11-3-1-4-12(9-11)22(25)26/h1,3-4,9,14H,2,5-8,10H2,(H,19,20,23). The molecule has 1 fully saturated rings. The zero-order chi connectivity index (χ0) is 19.7. The number of ether oxygens (including phenoxy) is 1. The van der Waals surface area contributed by atoms with E-state index in [9.17, 15) is 19.7 Å². The van der Waals surface area contributed by atoms with E-state index in [4.69, 9.17) is 4.74 Å². The number of nitrogens with one attached hydrogen (secondary N) is 1. The quantitative estimate of drug-likeness (QED) is 0.620. The molecule has 9 nitrogen and oxygen atoms in total. The first kappa shape index (κ1) is 18.5. The van der Waals surface area contributed by atoms with Crippen LogP contribution in [0.2, 0.25) is 0 Å². The first-order valence-corrected chi connectivity index (χ1v) is 9.77. The predicted molar refractivity (Wildman–Crippen MR) is 101 cm³/mol. The Morgan fingerprint density at radius 2 is 2.25 bits per heavy atom. The fourth-order valence-corrected chi connectivity index (χ4v) is 4.35. The van der Waals surface area contributed by atoms with Gasteiger partial charge < -0.3 is 9.64 Å². The number of carbonyl (C=O) groups excluding carboxylic acids is 2. The van der Waals surface area contributed by atoms with E-state index in [1.54, 1.807) is 11.0 Å². The monoisotopic (exact) mass is 402 g/mol. The number of rotatable bonds is 4. The first-order chi connectivity index (χ1) is 13.5. The second-order valence-electron chi connectivity index (χ2n) is 6.66. The van der Waals surface area contributed by atoms with Gasteiger partial charge in [-0.15, -0.1) is 0 Å². The maximum Gasteiger partial charge on any atom is 0.270 e. The molecule has 1 saturated heterocycles. The molecule has 3 heterocycles. The van der Waals surface area contributed by atoms with Gasteiger partial charge in [-0.05, 0) is 18.9 Å². The van der Waals surface area contributed by atoms with Gasteiger partial charge in [-0.1, -0.05) is 17.4 Å². The lowest BCUT2D eigenvalue weighted by Gasteiger charge is -2.26. The smallest absolute Gasteiger partial charge is 0.270 e. The largest absolute Gasteiger partial charge is 0.368 e. The Morgan fingerprint density at radius 1 is 1.39 bits per heavy atom. The number of aromatic nitrogens is 1. The van der Waals surface area contributed by atoms with Crippen molar-refractivity contribution in [3.05, 3.63) is 50.5 Å². The van der Waals surface area contributed by atoms with Gasteiger partial charge in [0.15, 0.2) is 5.13 Å². The number of fused-ring (bicyclic) bond motifs is 1. The average Bonchev–Trinajstić information content (AvgIpc) is 3.36. The summed E-state index contributed by atoms with van der Waals surface area (Å²) in [5.74, 6) is -0.444. The van der Waals surface area contributed by atoms with E-state index in [0.29, 0.717) is 37.7 Å². The van der Waals surface area contributed by atoms with Crippen LogP contribution in [0.1, 0.15) is 33.8 Å². The lowest BCUT2D eigenvalue weighted by Crippen LogP contribution is -2.35. The molecule has 2 aliphatic heterocycles. The summed E-state index contributed by atoms with van der Waals surface area (Å²) in [4.78, 5) is 42.4. The molecule has 0 spiro atoms. The maximum absolute atomic E-state index is 12.7. The Balaban J connectivity index is 1.45. The van der Waals surface area contributed by atoms with Crippen LogP contribution < -0.4 is 5.32 Å². The van der Waals surface area contributed by atoms with Crippen LogP contribution in [0, 0.1) is 10.1 Å². The van der Waals surface area contributed by atoms with Gasteiger partial charge in [0.05, 0.1) is 17.2 Å². The third-order valence-electron chi connectivity index (χ3n) is 4.77. The lowest BCUT2D eigenvalue weighted by atomic mass is 10.1. The average molecular weight is 402 g/mol. The van der Waals surface area contributed by atoms with Crippen molar-refractivity contribution < 1.29 is 19.2 Å². The summed E-state index contributed by atoms with van der Waals surface area (Å²) >= 11 is 1.35. The van der Waals surface area contributed by atoms with E-state index in [1.807, 2.05) is 0 Å². The van der Waals surface area contributed by atoms with Crippen LogP contribution in [0.4, 0.5) is 10.8 Å². The van der Waals surface area contributed by atoms with Crippen molar-refractivity contribution in [3.8, 4) is 0 Å². The number of anilines is 1. The first-order valence-electron chi connectivity index (χ1n) is 8.96. The number of nitrogens with zero attached hydrogens (tertiary/aromatic N) is 3. The molecule has 1 N–H and O–H groups in total. The number of benzene rings is 1. The summed E-state index contributed by atoms with van der Waals surface area (Å²) in [5.41, 5.74) is 1.05. The van der Waals surface area contributed by atoms with Crippen molar-refractivity contribution in [2.75, 3.05) is 18.5 Å². The maximum atomic E-state index is 12.7. The summed E-state index contributed by atoms with van der Waals surface area (Å²) in [5, 5.41) is 14.2. The second kappa shape index (κ2) is 7.64. The van der Waals surface area contributed by atoms with Crippen LogP contribution in [0.15, 0.2) is 24.3 Å². The van der Waals surface area contributed by atoms with Crippen LogP contribution in [0.25, 0.3) is 0 Å². The summed E-state index contributed by atoms with van der Waals surface area (Å²) in [6.45, 7) is 1.43. The van der Waals surface area contributed by atoms with Crippen molar-refractivity contribution in [3.63, 3.8) is 0 Å². The summed E-state index contributed by atoms with van der Waals surface area (Å²) in [7, 11) is 0. The molecule has 4 rings (SSSR count). The van der Waals surface area contributed by atoms with Gasteiger partial charge in [0.2, 0.25) is 0 Å². The van der Waals surface area contributed by atoms with Gasteiger partial charge in [0.25, 0.3) is 17.5 Å². The molecule has 1 aromatic heterocycles. The van der Waals surface area contributed by atoms with Crippen molar-refractivity contribution >= 4 is 34.0 Å². The molecule has 10 heteroatoms. The molecule has 1 atom stereocenters. The molecule has 2 aliphatic rings. The van der Waals surface area contributed by atoms with Crippen molar-refractivity contribution in [1.29, 1.82) is 0 Å². The minimum Gasteiger partial charge on any atom is -0.368 e. The number of hydrogen-bond acceptors (Lipinski definition) is 7. The van der Waals surface area contributed by atoms with E-state index in [2.05, 4.69) is 10.3 Å². The Hall–Kier alpha value is -2.85.